The SMILES string of the molecule is COC(=O)c1ccc(CN2C(=O)c3ccccc3C(C(=O)O)C2c2ccc(Cl)cc2Cl)cc1. The number of carboxylic acid groups (broad SMARTS) is 1. The molecule has 0 spiro atoms. The zero-order valence-electron chi connectivity index (χ0n) is 17.5. The van der Waals surface area contributed by atoms with Gasteiger partial charge in [0, 0.05) is 22.2 Å². The number of carboxylic acids is 1. The highest BCUT2D eigenvalue weighted by Gasteiger charge is 2.45. The Morgan fingerprint density at radius 3 is 2.33 bits per heavy atom. The van der Waals surface area contributed by atoms with E-state index in [-0.39, 0.29) is 17.5 Å². The van der Waals surface area contributed by atoms with Crippen LogP contribution in [0, 0.1) is 0 Å². The number of aliphatic carboxylic acids is 1. The molecule has 0 saturated carbocycles. The van der Waals surface area contributed by atoms with Crippen LogP contribution in [0.2, 0.25) is 10.0 Å². The molecule has 33 heavy (non-hydrogen) atoms. The molecule has 1 aliphatic rings. The number of halogens is 2. The van der Waals surface area contributed by atoms with Gasteiger partial charge in [-0.15, -0.1) is 0 Å². The third kappa shape index (κ3) is 4.32. The lowest BCUT2D eigenvalue weighted by atomic mass is 9.79. The number of fused-ring (bicyclic) bond motifs is 1. The van der Waals surface area contributed by atoms with Crippen LogP contribution in [0.25, 0.3) is 0 Å². The van der Waals surface area contributed by atoms with Gasteiger partial charge in [-0.05, 0) is 47.0 Å². The smallest absolute Gasteiger partial charge is 0.337 e. The van der Waals surface area contributed by atoms with Crippen LogP contribution in [0.5, 0.6) is 0 Å². The fourth-order valence-corrected chi connectivity index (χ4v) is 4.70. The van der Waals surface area contributed by atoms with Gasteiger partial charge in [-0.1, -0.05) is 59.6 Å². The van der Waals surface area contributed by atoms with E-state index >= 15 is 0 Å². The molecule has 6 nitrogen and oxygen atoms in total. The summed E-state index contributed by atoms with van der Waals surface area (Å²) in [6, 6.07) is 17.2. The maximum Gasteiger partial charge on any atom is 0.337 e. The molecule has 2 unspecified atom stereocenters. The lowest BCUT2D eigenvalue weighted by Crippen LogP contribution is -2.44. The molecule has 0 saturated heterocycles. The Bertz CT molecular complexity index is 1240. The van der Waals surface area contributed by atoms with Crippen molar-refractivity contribution in [2.75, 3.05) is 7.11 Å². The monoisotopic (exact) mass is 483 g/mol. The highest BCUT2D eigenvalue weighted by Crippen LogP contribution is 2.45. The lowest BCUT2D eigenvalue weighted by molar-refractivity contribution is -0.140. The van der Waals surface area contributed by atoms with Gasteiger partial charge in [0.25, 0.3) is 5.91 Å². The number of esters is 1. The second-order valence-electron chi connectivity index (χ2n) is 7.64. The van der Waals surface area contributed by atoms with E-state index in [2.05, 4.69) is 0 Å². The Hall–Kier alpha value is -3.35. The molecular formula is C25H19Cl2NO5. The summed E-state index contributed by atoms with van der Waals surface area (Å²) in [6.07, 6.45) is 0. The summed E-state index contributed by atoms with van der Waals surface area (Å²) in [5, 5.41) is 10.9. The minimum absolute atomic E-state index is 0.113. The first-order valence-electron chi connectivity index (χ1n) is 10.1. The molecule has 1 N–H and O–H groups in total. The zero-order valence-corrected chi connectivity index (χ0v) is 19.0. The largest absolute Gasteiger partial charge is 0.481 e. The summed E-state index contributed by atoms with van der Waals surface area (Å²) >= 11 is 12.5. The van der Waals surface area contributed by atoms with E-state index in [9.17, 15) is 19.5 Å². The molecule has 8 heteroatoms. The molecule has 3 aromatic rings. The van der Waals surface area contributed by atoms with Crippen molar-refractivity contribution in [2.45, 2.75) is 18.5 Å². The molecule has 0 aromatic heterocycles. The number of methoxy groups -OCH3 is 1. The molecule has 168 valence electrons. The fraction of sp³-hybridized carbons (Fsp3) is 0.160. The Labute approximate surface area is 200 Å². The van der Waals surface area contributed by atoms with E-state index in [1.165, 1.54) is 18.1 Å². The summed E-state index contributed by atoms with van der Waals surface area (Å²) < 4.78 is 4.73. The van der Waals surface area contributed by atoms with Crippen molar-refractivity contribution in [3.05, 3.63) is 105 Å². The van der Waals surface area contributed by atoms with Crippen molar-refractivity contribution in [3.63, 3.8) is 0 Å². The first-order valence-corrected chi connectivity index (χ1v) is 10.8. The Balaban J connectivity index is 1.84. The number of hydrogen-bond donors (Lipinski definition) is 1. The van der Waals surface area contributed by atoms with Crippen molar-refractivity contribution in [1.29, 1.82) is 0 Å². The van der Waals surface area contributed by atoms with Crippen LogP contribution in [0.1, 0.15) is 49.4 Å². The van der Waals surface area contributed by atoms with Crippen LogP contribution in [0.15, 0.2) is 66.7 Å². The van der Waals surface area contributed by atoms with Gasteiger partial charge in [0.1, 0.15) is 5.92 Å². The topological polar surface area (TPSA) is 83.9 Å². The number of rotatable bonds is 5. The minimum atomic E-state index is -1.07. The van der Waals surface area contributed by atoms with Crippen molar-refractivity contribution in [1.82, 2.24) is 4.90 Å². The van der Waals surface area contributed by atoms with Crippen LogP contribution in [0.4, 0.5) is 0 Å². The van der Waals surface area contributed by atoms with Crippen LogP contribution >= 0.6 is 23.2 Å². The van der Waals surface area contributed by atoms with Crippen LogP contribution in [-0.4, -0.2) is 35.0 Å². The molecule has 0 radical (unpaired) electrons. The van der Waals surface area contributed by atoms with E-state index in [1.807, 2.05) is 0 Å². The summed E-state index contributed by atoms with van der Waals surface area (Å²) in [5.41, 5.74) is 2.34. The predicted molar refractivity (Wildman–Crippen MR) is 124 cm³/mol. The highest BCUT2D eigenvalue weighted by atomic mass is 35.5. The second kappa shape index (κ2) is 9.25. The van der Waals surface area contributed by atoms with E-state index < -0.39 is 23.9 Å². The van der Waals surface area contributed by atoms with Gasteiger partial charge in [0.2, 0.25) is 0 Å². The van der Waals surface area contributed by atoms with Gasteiger partial charge in [0.05, 0.1) is 18.7 Å². The maximum absolute atomic E-state index is 13.6. The number of hydrogen-bond acceptors (Lipinski definition) is 4. The van der Waals surface area contributed by atoms with Gasteiger partial charge >= 0.3 is 11.9 Å². The number of nitrogens with zero attached hydrogens (tertiary/aromatic N) is 1. The van der Waals surface area contributed by atoms with E-state index in [0.717, 1.165) is 5.56 Å². The average Bonchev–Trinajstić information content (AvgIpc) is 2.80. The van der Waals surface area contributed by atoms with Gasteiger partial charge in [-0.25, -0.2) is 4.79 Å². The third-order valence-electron chi connectivity index (χ3n) is 5.71. The molecule has 3 aromatic carbocycles. The third-order valence-corrected chi connectivity index (χ3v) is 6.28. The van der Waals surface area contributed by atoms with Gasteiger partial charge in [-0.3, -0.25) is 9.59 Å². The summed E-state index contributed by atoms with van der Waals surface area (Å²) in [6.45, 7) is 0.113. The highest BCUT2D eigenvalue weighted by molar-refractivity contribution is 6.35. The number of amides is 1. The Morgan fingerprint density at radius 2 is 1.70 bits per heavy atom. The number of ether oxygens (including phenoxy) is 1. The predicted octanol–water partition coefficient (Wildman–Crippen LogP) is 5.35. The lowest BCUT2D eigenvalue weighted by Gasteiger charge is -2.41. The molecule has 0 fully saturated rings. The van der Waals surface area contributed by atoms with E-state index in [4.69, 9.17) is 27.9 Å². The second-order valence-corrected chi connectivity index (χ2v) is 8.48. The molecule has 1 amide bonds. The van der Waals surface area contributed by atoms with Crippen LogP contribution in [0.3, 0.4) is 0 Å². The normalized spacial score (nSPS) is 17.4. The summed E-state index contributed by atoms with van der Waals surface area (Å²) in [7, 11) is 1.30. The minimum Gasteiger partial charge on any atom is -0.481 e. The van der Waals surface area contributed by atoms with E-state index in [1.54, 1.807) is 60.7 Å². The Morgan fingerprint density at radius 1 is 1.00 bits per heavy atom. The van der Waals surface area contributed by atoms with Gasteiger partial charge in [0.15, 0.2) is 0 Å². The summed E-state index contributed by atoms with van der Waals surface area (Å²) in [4.78, 5) is 39.3. The standard InChI is InChI=1S/C25H19Cl2NO5/c1-33-25(32)15-8-6-14(7-9-15)13-28-22(19-11-10-16(26)12-20(19)27)21(24(30)31)17-4-2-3-5-18(17)23(28)29/h2-12,21-22H,13H2,1H3,(H,30,31). The molecule has 4 rings (SSSR count). The molecule has 1 aliphatic heterocycles. The molecule has 0 aliphatic carbocycles. The molecule has 2 atom stereocenters. The number of carbonyl (C=O) groups is 3. The molecule has 1 heterocycles. The Kier molecular flexibility index (Phi) is 6.40. The first-order chi connectivity index (χ1) is 15.8. The maximum atomic E-state index is 13.6. The number of carbonyl (C=O) groups excluding carboxylic acids is 2. The first kappa shape index (κ1) is 22.8. The number of benzene rings is 3. The van der Waals surface area contributed by atoms with Crippen molar-refractivity contribution in [3.8, 4) is 0 Å². The summed E-state index contributed by atoms with van der Waals surface area (Å²) in [5.74, 6) is -2.89. The molecule has 0 bridgehead atoms. The van der Waals surface area contributed by atoms with Crippen molar-refractivity contribution < 1.29 is 24.2 Å². The zero-order chi connectivity index (χ0) is 23.7. The van der Waals surface area contributed by atoms with Crippen LogP contribution < -0.4 is 0 Å². The van der Waals surface area contributed by atoms with Crippen LogP contribution in [-0.2, 0) is 16.1 Å². The molecular weight excluding hydrogens is 465 g/mol. The quantitative estimate of drug-likeness (QED) is 0.494. The van der Waals surface area contributed by atoms with Crippen molar-refractivity contribution in [2.24, 2.45) is 0 Å². The van der Waals surface area contributed by atoms with E-state index in [0.29, 0.717) is 27.3 Å². The van der Waals surface area contributed by atoms with Gasteiger partial charge < -0.3 is 14.7 Å². The average molecular weight is 484 g/mol. The fourth-order valence-electron chi connectivity index (χ4n) is 4.18. The van der Waals surface area contributed by atoms with Gasteiger partial charge in [-0.2, -0.15) is 0 Å². The van der Waals surface area contributed by atoms with Crippen molar-refractivity contribution >= 4 is 41.0 Å².